The van der Waals surface area contributed by atoms with E-state index in [0.29, 0.717) is 53.9 Å². The number of hydrogen-bond donors (Lipinski definition) is 0. The van der Waals surface area contributed by atoms with Gasteiger partial charge in [-0.3, -0.25) is 0 Å². The second-order valence-electron chi connectivity index (χ2n) is 10.8. The fourth-order valence-corrected chi connectivity index (χ4v) is 5.16. The van der Waals surface area contributed by atoms with Gasteiger partial charge in [0.05, 0.1) is 31.3 Å². The number of ether oxygens (including phenoxy) is 7. The third-order valence-corrected chi connectivity index (χ3v) is 7.48. The number of hydrogen-bond acceptors (Lipinski definition) is 8. The van der Waals surface area contributed by atoms with Crippen molar-refractivity contribution in [3.8, 4) is 39.9 Å². The van der Waals surface area contributed by atoms with E-state index in [1.807, 2.05) is 60.7 Å². The second-order valence-corrected chi connectivity index (χ2v) is 10.8. The first-order valence-electron chi connectivity index (χ1n) is 15.8. The molecule has 0 aromatic heterocycles. The number of carbonyl (C=O) groups is 1. The molecule has 0 N–H and O–H groups in total. The van der Waals surface area contributed by atoms with Gasteiger partial charge in [0.1, 0.15) is 28.7 Å². The summed E-state index contributed by atoms with van der Waals surface area (Å²) in [5, 5.41) is 0. The van der Waals surface area contributed by atoms with Crippen LogP contribution >= 0.6 is 0 Å². The second kappa shape index (κ2) is 16.8. The Labute approximate surface area is 276 Å². The third-order valence-electron chi connectivity index (χ3n) is 7.48. The smallest absolute Gasteiger partial charge is 0.343 e. The topological polar surface area (TPSA) is 81.7 Å². The summed E-state index contributed by atoms with van der Waals surface area (Å²) in [7, 11) is 0. The lowest BCUT2D eigenvalue weighted by molar-refractivity contribution is -0.0348. The molecule has 47 heavy (non-hydrogen) atoms. The Hall–Kier alpha value is -5.37. The van der Waals surface area contributed by atoms with E-state index in [0.717, 1.165) is 47.9 Å². The van der Waals surface area contributed by atoms with Crippen molar-refractivity contribution in [2.24, 2.45) is 0 Å². The predicted molar refractivity (Wildman–Crippen MR) is 180 cm³/mol. The van der Waals surface area contributed by atoms with Crippen LogP contribution in [0.1, 0.15) is 54.1 Å². The third kappa shape index (κ3) is 9.33. The maximum absolute atomic E-state index is 12.8. The summed E-state index contributed by atoms with van der Waals surface area (Å²) in [5.41, 5.74) is 4.92. The fourth-order valence-electron chi connectivity index (χ4n) is 5.16. The van der Waals surface area contributed by atoms with Crippen LogP contribution in [0.2, 0.25) is 0 Å². The van der Waals surface area contributed by atoms with Crippen LogP contribution in [-0.2, 0) is 15.9 Å². The first-order chi connectivity index (χ1) is 23.1. The van der Waals surface area contributed by atoms with E-state index >= 15 is 0 Å². The molecule has 5 rings (SSSR count). The van der Waals surface area contributed by atoms with Crippen LogP contribution < -0.4 is 23.7 Å². The number of fused-ring (bicyclic) bond motifs is 3. The molecule has 0 saturated heterocycles. The van der Waals surface area contributed by atoms with E-state index in [1.165, 1.54) is 12.5 Å². The average Bonchev–Trinajstić information content (AvgIpc) is 3.44. The van der Waals surface area contributed by atoms with Crippen molar-refractivity contribution in [3.63, 3.8) is 0 Å². The lowest BCUT2D eigenvalue weighted by Gasteiger charge is -2.17. The molecular formula is C39H40O8. The van der Waals surface area contributed by atoms with E-state index in [2.05, 4.69) is 20.1 Å². The first kappa shape index (κ1) is 33.0. The van der Waals surface area contributed by atoms with Crippen LogP contribution in [0.3, 0.4) is 0 Å². The van der Waals surface area contributed by atoms with Crippen LogP contribution in [-0.4, -0.2) is 32.3 Å². The van der Waals surface area contributed by atoms with Crippen molar-refractivity contribution in [2.75, 3.05) is 20.0 Å². The molecule has 0 aliphatic heterocycles. The Kier molecular flexibility index (Phi) is 11.8. The maximum Gasteiger partial charge on any atom is 0.343 e. The SMILES string of the molecule is C=COCCCCOc1ccc(C(=O)Oc2ccc3c(c2)Cc2cc(OCOc4ccc(OC(CCC)OC=C)cc4)ccc2-3)cc1. The molecule has 4 aromatic carbocycles. The molecule has 0 bridgehead atoms. The Bertz CT molecular complexity index is 1630. The number of unbranched alkanes of at least 4 members (excludes halogenated alkanes) is 1. The summed E-state index contributed by atoms with van der Waals surface area (Å²) in [6.45, 7) is 10.5. The van der Waals surface area contributed by atoms with Gasteiger partial charge in [0.2, 0.25) is 13.1 Å². The van der Waals surface area contributed by atoms with Gasteiger partial charge in [-0.2, -0.15) is 0 Å². The van der Waals surface area contributed by atoms with Gasteiger partial charge in [-0.25, -0.2) is 4.79 Å². The summed E-state index contributed by atoms with van der Waals surface area (Å²) >= 11 is 0. The van der Waals surface area contributed by atoms with Gasteiger partial charge in [0.15, 0.2) is 0 Å². The molecule has 0 fully saturated rings. The van der Waals surface area contributed by atoms with E-state index < -0.39 is 5.97 Å². The Morgan fingerprint density at radius 3 is 2.02 bits per heavy atom. The lowest BCUT2D eigenvalue weighted by Crippen LogP contribution is -2.17. The van der Waals surface area contributed by atoms with Crippen molar-refractivity contribution in [3.05, 3.63) is 127 Å². The largest absolute Gasteiger partial charge is 0.502 e. The number of carbonyl (C=O) groups excluding carboxylic acids is 1. The number of esters is 1. The molecule has 0 radical (unpaired) electrons. The van der Waals surface area contributed by atoms with E-state index in [4.69, 9.17) is 33.2 Å². The molecule has 1 atom stereocenters. The molecule has 1 aliphatic rings. The minimum atomic E-state index is -0.422. The molecular weight excluding hydrogens is 596 g/mol. The Morgan fingerprint density at radius 2 is 1.32 bits per heavy atom. The monoisotopic (exact) mass is 636 g/mol. The molecule has 1 unspecified atom stereocenters. The fraction of sp³-hybridized carbons (Fsp3) is 0.256. The van der Waals surface area contributed by atoms with Gasteiger partial charge >= 0.3 is 5.97 Å². The predicted octanol–water partition coefficient (Wildman–Crippen LogP) is 8.88. The van der Waals surface area contributed by atoms with Crippen LogP contribution in [0, 0.1) is 0 Å². The summed E-state index contributed by atoms with van der Waals surface area (Å²) < 4.78 is 39.5. The van der Waals surface area contributed by atoms with Crippen molar-refractivity contribution in [2.45, 2.75) is 45.3 Å². The summed E-state index contributed by atoms with van der Waals surface area (Å²) in [5.74, 6) is 2.84. The average molecular weight is 637 g/mol. The number of benzene rings is 4. The van der Waals surface area contributed by atoms with Crippen molar-refractivity contribution >= 4 is 5.97 Å². The van der Waals surface area contributed by atoms with Crippen LogP contribution in [0.4, 0.5) is 0 Å². The van der Waals surface area contributed by atoms with Crippen molar-refractivity contribution < 1.29 is 38.0 Å². The Morgan fingerprint density at radius 1 is 0.723 bits per heavy atom. The van der Waals surface area contributed by atoms with E-state index in [9.17, 15) is 4.79 Å². The molecule has 0 amide bonds. The molecule has 244 valence electrons. The van der Waals surface area contributed by atoms with Gasteiger partial charge in [0, 0.05) is 6.42 Å². The first-order valence-corrected chi connectivity index (χ1v) is 15.8. The maximum atomic E-state index is 12.8. The number of rotatable bonds is 19. The van der Waals surface area contributed by atoms with E-state index in [1.54, 1.807) is 24.3 Å². The van der Waals surface area contributed by atoms with Gasteiger partial charge in [0.25, 0.3) is 0 Å². The molecule has 0 heterocycles. The minimum Gasteiger partial charge on any atom is -0.502 e. The minimum absolute atomic E-state index is 0.0582. The molecule has 4 aromatic rings. The van der Waals surface area contributed by atoms with Gasteiger partial charge in [-0.1, -0.05) is 32.2 Å². The highest BCUT2D eigenvalue weighted by Gasteiger charge is 2.21. The zero-order valence-corrected chi connectivity index (χ0v) is 26.7. The summed E-state index contributed by atoms with van der Waals surface area (Å²) in [6, 6.07) is 26.0. The molecule has 0 saturated carbocycles. The normalized spacial score (nSPS) is 11.8. The highest BCUT2D eigenvalue weighted by molar-refractivity contribution is 5.91. The Balaban J connectivity index is 1.09. The van der Waals surface area contributed by atoms with Gasteiger partial charge in [-0.15, -0.1) is 0 Å². The zero-order chi connectivity index (χ0) is 32.8. The molecule has 8 nitrogen and oxygen atoms in total. The lowest BCUT2D eigenvalue weighted by atomic mass is 10.1. The quantitative estimate of drug-likeness (QED) is 0.0292. The summed E-state index contributed by atoms with van der Waals surface area (Å²) in [4.78, 5) is 12.8. The van der Waals surface area contributed by atoms with Crippen molar-refractivity contribution in [1.82, 2.24) is 0 Å². The van der Waals surface area contributed by atoms with Crippen molar-refractivity contribution in [1.29, 1.82) is 0 Å². The molecule has 0 spiro atoms. The zero-order valence-electron chi connectivity index (χ0n) is 26.7. The van der Waals surface area contributed by atoms with Crippen LogP contribution in [0.5, 0.6) is 28.7 Å². The molecule has 1 aliphatic carbocycles. The van der Waals surface area contributed by atoms with Gasteiger partial charge < -0.3 is 33.2 Å². The van der Waals surface area contributed by atoms with Crippen LogP contribution in [0.25, 0.3) is 11.1 Å². The standard InChI is InChI=1S/C39H40O8/c1-4-9-38(42-6-3)46-33-16-14-32(15-17-33)44-27-45-34-18-20-36-29(25-34)24-30-26-35(19-21-37(30)36)47-39(40)28-10-12-31(13-11-28)43-23-8-7-22-41-5-2/h5-6,10-21,25-26,38H,2-4,7-9,22-24,27H2,1H3. The molecule has 8 heteroatoms. The highest BCUT2D eigenvalue weighted by atomic mass is 16.7. The van der Waals surface area contributed by atoms with E-state index in [-0.39, 0.29) is 13.1 Å². The highest BCUT2D eigenvalue weighted by Crippen LogP contribution is 2.40. The van der Waals surface area contributed by atoms with Gasteiger partial charge in [-0.05, 0) is 121 Å². The van der Waals surface area contributed by atoms with Crippen LogP contribution in [0.15, 0.2) is 111 Å². The summed E-state index contributed by atoms with van der Waals surface area (Å²) in [6.07, 6.45) is 6.61.